The highest BCUT2D eigenvalue weighted by Gasteiger charge is 2.06. The summed E-state index contributed by atoms with van der Waals surface area (Å²) in [4.78, 5) is 21.7. The molecule has 0 saturated carbocycles. The first kappa shape index (κ1) is 12.4. The van der Waals surface area contributed by atoms with Gasteiger partial charge in [-0.25, -0.2) is 4.79 Å². The van der Waals surface area contributed by atoms with Crippen LogP contribution in [0.5, 0.6) is 5.75 Å². The van der Waals surface area contributed by atoms with Crippen molar-refractivity contribution in [3.05, 3.63) is 40.4 Å². The van der Waals surface area contributed by atoms with Gasteiger partial charge < -0.3 is 9.84 Å². The predicted octanol–water partition coefficient (Wildman–Crippen LogP) is 2.28. The lowest BCUT2D eigenvalue weighted by Crippen LogP contribution is -1.97. The second kappa shape index (κ2) is 5.46. The van der Waals surface area contributed by atoms with E-state index in [-0.39, 0.29) is 5.78 Å². The largest absolute Gasteiger partial charge is 0.496 e. The molecule has 0 fully saturated rings. The fourth-order valence-corrected chi connectivity index (χ4v) is 1.60. The standard InChI is InChI=1S/C11H9BrO4/c1-16-10-4-2-7(6-8(10)12)9(13)3-5-11(14)15/h2-6H,1H3,(H,14,15)/b5-3+. The molecule has 0 unspecified atom stereocenters. The Morgan fingerprint density at radius 3 is 2.56 bits per heavy atom. The summed E-state index contributed by atoms with van der Waals surface area (Å²) in [5, 5.41) is 8.38. The van der Waals surface area contributed by atoms with Crippen LogP contribution in [0.25, 0.3) is 0 Å². The quantitative estimate of drug-likeness (QED) is 0.681. The summed E-state index contributed by atoms with van der Waals surface area (Å²) in [5.74, 6) is -0.912. The molecule has 0 amide bonds. The van der Waals surface area contributed by atoms with E-state index in [1.54, 1.807) is 18.2 Å². The average Bonchev–Trinajstić information content (AvgIpc) is 2.25. The predicted molar refractivity (Wildman–Crippen MR) is 61.8 cm³/mol. The lowest BCUT2D eigenvalue weighted by atomic mass is 10.1. The zero-order valence-corrected chi connectivity index (χ0v) is 10.0. The Labute approximate surface area is 101 Å². The Hall–Kier alpha value is -1.62. The van der Waals surface area contributed by atoms with Gasteiger partial charge in [0, 0.05) is 11.6 Å². The molecule has 4 nitrogen and oxygen atoms in total. The van der Waals surface area contributed by atoms with Crippen LogP contribution in [0.2, 0.25) is 0 Å². The topological polar surface area (TPSA) is 63.6 Å². The van der Waals surface area contributed by atoms with Crippen molar-refractivity contribution < 1.29 is 19.4 Å². The summed E-state index contributed by atoms with van der Waals surface area (Å²) in [7, 11) is 1.52. The van der Waals surface area contributed by atoms with Gasteiger partial charge in [0.2, 0.25) is 0 Å². The number of ketones is 1. The molecule has 0 radical (unpaired) electrons. The summed E-state index contributed by atoms with van der Waals surface area (Å²) in [6.45, 7) is 0. The normalized spacial score (nSPS) is 10.4. The van der Waals surface area contributed by atoms with Crippen molar-refractivity contribution in [1.82, 2.24) is 0 Å². The van der Waals surface area contributed by atoms with Gasteiger partial charge in [0.25, 0.3) is 0 Å². The summed E-state index contributed by atoms with van der Waals surface area (Å²) in [6.07, 6.45) is 1.82. The molecule has 0 saturated heterocycles. The maximum atomic E-state index is 11.5. The Balaban J connectivity index is 2.93. The lowest BCUT2D eigenvalue weighted by Gasteiger charge is -2.03. The highest BCUT2D eigenvalue weighted by molar-refractivity contribution is 9.10. The Bertz CT molecular complexity index is 451. The van der Waals surface area contributed by atoms with Gasteiger partial charge in [-0.15, -0.1) is 0 Å². The van der Waals surface area contributed by atoms with E-state index in [1.807, 2.05) is 0 Å². The van der Waals surface area contributed by atoms with Gasteiger partial charge in [-0.1, -0.05) is 0 Å². The number of benzene rings is 1. The minimum Gasteiger partial charge on any atom is -0.496 e. The summed E-state index contributed by atoms with van der Waals surface area (Å²) in [6, 6.07) is 4.78. The molecule has 1 rings (SSSR count). The zero-order valence-electron chi connectivity index (χ0n) is 8.44. The summed E-state index contributed by atoms with van der Waals surface area (Å²) < 4.78 is 5.65. The number of hydrogen-bond donors (Lipinski definition) is 1. The van der Waals surface area contributed by atoms with Crippen molar-refractivity contribution >= 4 is 27.7 Å². The van der Waals surface area contributed by atoms with Gasteiger partial charge in [-0.3, -0.25) is 4.79 Å². The third-order valence-electron chi connectivity index (χ3n) is 1.81. The zero-order chi connectivity index (χ0) is 12.1. The lowest BCUT2D eigenvalue weighted by molar-refractivity contribution is -0.131. The minimum absolute atomic E-state index is 0.370. The van der Waals surface area contributed by atoms with E-state index in [9.17, 15) is 9.59 Å². The molecule has 84 valence electrons. The van der Waals surface area contributed by atoms with Crippen LogP contribution in [-0.4, -0.2) is 24.0 Å². The number of carbonyl (C=O) groups is 2. The molecular weight excluding hydrogens is 276 g/mol. The molecule has 1 aromatic carbocycles. The van der Waals surface area contributed by atoms with E-state index in [0.717, 1.165) is 12.2 Å². The molecule has 16 heavy (non-hydrogen) atoms. The molecule has 0 spiro atoms. The number of carbonyl (C=O) groups excluding carboxylic acids is 1. The highest BCUT2D eigenvalue weighted by atomic mass is 79.9. The first-order valence-corrected chi connectivity index (χ1v) is 5.12. The Morgan fingerprint density at radius 1 is 1.38 bits per heavy atom. The first-order chi connectivity index (χ1) is 7.54. The Morgan fingerprint density at radius 2 is 2.06 bits per heavy atom. The monoisotopic (exact) mass is 284 g/mol. The van der Waals surface area contributed by atoms with E-state index in [4.69, 9.17) is 9.84 Å². The van der Waals surface area contributed by atoms with Crippen molar-refractivity contribution in [1.29, 1.82) is 0 Å². The number of aliphatic carboxylic acids is 1. The van der Waals surface area contributed by atoms with E-state index in [2.05, 4.69) is 15.9 Å². The van der Waals surface area contributed by atoms with Gasteiger partial charge >= 0.3 is 5.97 Å². The SMILES string of the molecule is COc1ccc(C(=O)/C=C/C(=O)O)cc1Br. The molecule has 0 bridgehead atoms. The molecule has 0 aromatic heterocycles. The van der Waals surface area contributed by atoms with Crippen LogP contribution in [0.1, 0.15) is 10.4 Å². The van der Waals surface area contributed by atoms with Crippen molar-refractivity contribution in [3.8, 4) is 5.75 Å². The number of ether oxygens (including phenoxy) is 1. The van der Waals surface area contributed by atoms with Crippen LogP contribution >= 0.6 is 15.9 Å². The van der Waals surface area contributed by atoms with Crippen molar-refractivity contribution in [2.75, 3.05) is 7.11 Å². The van der Waals surface area contributed by atoms with E-state index < -0.39 is 5.97 Å². The van der Waals surface area contributed by atoms with Crippen LogP contribution in [0.3, 0.4) is 0 Å². The number of allylic oxidation sites excluding steroid dienone is 1. The molecule has 0 aliphatic heterocycles. The molecule has 1 N–H and O–H groups in total. The van der Waals surface area contributed by atoms with Crippen LogP contribution in [0.4, 0.5) is 0 Å². The second-order valence-electron chi connectivity index (χ2n) is 2.89. The van der Waals surface area contributed by atoms with Crippen molar-refractivity contribution in [3.63, 3.8) is 0 Å². The Kier molecular flexibility index (Phi) is 4.25. The fraction of sp³-hybridized carbons (Fsp3) is 0.0909. The van der Waals surface area contributed by atoms with Gasteiger partial charge in [-0.05, 0) is 40.2 Å². The van der Waals surface area contributed by atoms with Crippen LogP contribution in [0.15, 0.2) is 34.8 Å². The molecule has 5 heteroatoms. The fourth-order valence-electron chi connectivity index (χ4n) is 1.06. The number of rotatable bonds is 4. The summed E-state index contributed by atoms with van der Waals surface area (Å²) >= 11 is 3.24. The van der Waals surface area contributed by atoms with Crippen molar-refractivity contribution in [2.45, 2.75) is 0 Å². The number of halogens is 1. The van der Waals surface area contributed by atoms with Gasteiger partial charge in [0.1, 0.15) is 5.75 Å². The smallest absolute Gasteiger partial charge is 0.328 e. The van der Waals surface area contributed by atoms with Crippen molar-refractivity contribution in [2.24, 2.45) is 0 Å². The molecule has 0 atom stereocenters. The molecule has 0 aliphatic rings. The number of carboxylic acids is 1. The number of carboxylic acid groups (broad SMARTS) is 1. The second-order valence-corrected chi connectivity index (χ2v) is 3.74. The number of methoxy groups -OCH3 is 1. The van der Waals surface area contributed by atoms with Gasteiger partial charge in [0.15, 0.2) is 5.78 Å². The molecule has 0 aliphatic carbocycles. The van der Waals surface area contributed by atoms with Crippen LogP contribution in [0, 0.1) is 0 Å². The van der Waals surface area contributed by atoms with Crippen LogP contribution in [-0.2, 0) is 4.79 Å². The van der Waals surface area contributed by atoms with Gasteiger partial charge in [0.05, 0.1) is 11.6 Å². The first-order valence-electron chi connectivity index (χ1n) is 4.33. The third kappa shape index (κ3) is 3.20. The average molecular weight is 285 g/mol. The number of hydrogen-bond acceptors (Lipinski definition) is 3. The van der Waals surface area contributed by atoms with Crippen LogP contribution < -0.4 is 4.74 Å². The molecular formula is C11H9BrO4. The third-order valence-corrected chi connectivity index (χ3v) is 2.43. The van der Waals surface area contributed by atoms with E-state index in [0.29, 0.717) is 15.8 Å². The van der Waals surface area contributed by atoms with E-state index in [1.165, 1.54) is 7.11 Å². The highest BCUT2D eigenvalue weighted by Crippen LogP contribution is 2.25. The maximum absolute atomic E-state index is 11.5. The van der Waals surface area contributed by atoms with E-state index >= 15 is 0 Å². The van der Waals surface area contributed by atoms with Gasteiger partial charge in [-0.2, -0.15) is 0 Å². The summed E-state index contributed by atoms with van der Waals surface area (Å²) in [5.41, 5.74) is 0.394. The maximum Gasteiger partial charge on any atom is 0.328 e. The minimum atomic E-state index is -1.15. The molecule has 1 aromatic rings. The molecule has 0 heterocycles.